The zero-order valence-electron chi connectivity index (χ0n) is 12.5. The minimum atomic E-state index is -0.573. The minimum Gasteiger partial charge on any atom is -0.361 e. The third-order valence-electron chi connectivity index (χ3n) is 4.40. The Labute approximate surface area is 133 Å². The quantitative estimate of drug-likeness (QED) is 0.742. The Morgan fingerprint density at radius 1 is 1.13 bits per heavy atom. The van der Waals surface area contributed by atoms with E-state index in [1.54, 1.807) is 23.1 Å². The summed E-state index contributed by atoms with van der Waals surface area (Å²) in [6, 6.07) is 14.8. The summed E-state index contributed by atoms with van der Waals surface area (Å²) in [6.07, 6.45) is 3.92. The van der Waals surface area contributed by atoms with Crippen LogP contribution in [0.25, 0.3) is 0 Å². The van der Waals surface area contributed by atoms with Gasteiger partial charge in [-0.3, -0.25) is 4.68 Å². The van der Waals surface area contributed by atoms with E-state index in [9.17, 15) is 4.39 Å². The van der Waals surface area contributed by atoms with Crippen molar-refractivity contribution in [3.05, 3.63) is 83.7 Å². The fourth-order valence-electron chi connectivity index (χ4n) is 3.25. The minimum absolute atomic E-state index is 0.244. The van der Waals surface area contributed by atoms with E-state index in [0.29, 0.717) is 19.6 Å². The fourth-order valence-corrected chi connectivity index (χ4v) is 3.25. The smallest absolute Gasteiger partial charge is 0.137 e. The van der Waals surface area contributed by atoms with Gasteiger partial charge in [0.2, 0.25) is 0 Å². The number of fused-ring (bicyclic) bond motifs is 1. The molecule has 4 rings (SSSR count). The van der Waals surface area contributed by atoms with Crippen LogP contribution in [0.4, 0.5) is 4.39 Å². The van der Waals surface area contributed by atoms with Gasteiger partial charge in [-0.2, -0.15) is 5.10 Å². The van der Waals surface area contributed by atoms with Crippen LogP contribution in [0, 0.1) is 5.82 Å². The summed E-state index contributed by atoms with van der Waals surface area (Å²) >= 11 is 0. The first-order valence-electron chi connectivity index (χ1n) is 7.59. The fraction of sp³-hybridized carbons (Fsp3) is 0.222. The summed E-state index contributed by atoms with van der Waals surface area (Å²) in [7, 11) is 0. The van der Waals surface area contributed by atoms with Crippen LogP contribution in [0.5, 0.6) is 0 Å². The van der Waals surface area contributed by atoms with Crippen molar-refractivity contribution in [3.8, 4) is 0 Å². The van der Waals surface area contributed by atoms with Crippen LogP contribution in [-0.4, -0.2) is 14.8 Å². The molecule has 0 fully saturated rings. The van der Waals surface area contributed by atoms with Crippen LogP contribution in [0.3, 0.4) is 0 Å². The van der Waals surface area contributed by atoms with E-state index in [4.69, 9.17) is 4.74 Å². The van der Waals surface area contributed by atoms with Crippen molar-refractivity contribution < 1.29 is 9.13 Å². The number of aryl methyl sites for hydroxylation is 1. The van der Waals surface area contributed by atoms with Gasteiger partial charge in [-0.05, 0) is 28.8 Å². The normalized spacial score (nSPS) is 19.7. The van der Waals surface area contributed by atoms with Crippen LogP contribution >= 0.6 is 0 Å². The van der Waals surface area contributed by atoms with Gasteiger partial charge >= 0.3 is 0 Å². The second-order valence-electron chi connectivity index (χ2n) is 5.69. The van der Waals surface area contributed by atoms with E-state index < -0.39 is 5.60 Å². The van der Waals surface area contributed by atoms with Gasteiger partial charge in [0.15, 0.2) is 0 Å². The van der Waals surface area contributed by atoms with Crippen molar-refractivity contribution in [1.29, 1.82) is 0 Å². The third kappa shape index (κ3) is 2.43. The molecule has 0 saturated carbocycles. The van der Waals surface area contributed by atoms with Gasteiger partial charge in [0, 0.05) is 13.0 Å². The molecule has 0 N–H and O–H groups in total. The summed E-state index contributed by atoms with van der Waals surface area (Å²) in [6.45, 7) is 1.23. The molecule has 4 nitrogen and oxygen atoms in total. The average Bonchev–Trinajstić information content (AvgIpc) is 3.22. The molecule has 5 heteroatoms. The Morgan fingerprint density at radius 2 is 1.96 bits per heavy atom. The highest BCUT2D eigenvalue weighted by Gasteiger charge is 2.41. The highest BCUT2D eigenvalue weighted by atomic mass is 19.1. The number of rotatable bonds is 4. The van der Waals surface area contributed by atoms with Crippen LogP contribution in [0.15, 0.2) is 61.2 Å². The molecule has 116 valence electrons. The Balaban J connectivity index is 1.76. The van der Waals surface area contributed by atoms with Gasteiger partial charge in [0.25, 0.3) is 0 Å². The molecule has 3 aromatic rings. The van der Waals surface area contributed by atoms with E-state index in [-0.39, 0.29) is 5.82 Å². The number of ether oxygens (including phenoxy) is 1. The molecule has 1 atom stereocenters. The first-order chi connectivity index (χ1) is 11.3. The van der Waals surface area contributed by atoms with Gasteiger partial charge in [-0.1, -0.05) is 36.4 Å². The summed E-state index contributed by atoms with van der Waals surface area (Å²) in [4.78, 5) is 3.98. The van der Waals surface area contributed by atoms with Gasteiger partial charge in [0.05, 0.1) is 6.61 Å². The molecule has 1 unspecified atom stereocenters. The maximum atomic E-state index is 13.3. The van der Waals surface area contributed by atoms with E-state index in [1.807, 2.05) is 12.1 Å². The molecule has 1 aromatic heterocycles. The van der Waals surface area contributed by atoms with E-state index in [2.05, 4.69) is 22.2 Å². The average molecular weight is 309 g/mol. The van der Waals surface area contributed by atoms with Crippen molar-refractivity contribution in [2.45, 2.75) is 25.2 Å². The largest absolute Gasteiger partial charge is 0.361 e. The molecule has 0 amide bonds. The van der Waals surface area contributed by atoms with Crippen LogP contribution in [-0.2, 0) is 23.5 Å². The van der Waals surface area contributed by atoms with Crippen molar-refractivity contribution in [1.82, 2.24) is 14.8 Å². The van der Waals surface area contributed by atoms with Gasteiger partial charge < -0.3 is 4.74 Å². The molecule has 0 bridgehead atoms. The molecular weight excluding hydrogens is 293 g/mol. The van der Waals surface area contributed by atoms with Crippen molar-refractivity contribution in [3.63, 3.8) is 0 Å². The lowest BCUT2D eigenvalue weighted by Crippen LogP contribution is -2.29. The number of nitrogens with zero attached hydrogens (tertiary/aromatic N) is 3. The molecule has 0 saturated heterocycles. The first kappa shape index (κ1) is 14.1. The maximum Gasteiger partial charge on any atom is 0.137 e. The standard InChI is InChI=1S/C18H16FN3O/c19-16-7-5-15(6-8-16)18(9-10-22-13-20-12-21-22)17-4-2-1-3-14(17)11-23-18/h1-8,12-13H,9-11H2. The number of aromatic nitrogens is 3. The van der Waals surface area contributed by atoms with Crippen LogP contribution < -0.4 is 0 Å². The SMILES string of the molecule is Fc1ccc(C2(CCn3cncn3)OCc3ccccc32)cc1. The summed E-state index contributed by atoms with van der Waals surface area (Å²) < 4.78 is 21.4. The number of benzene rings is 2. The number of hydrogen-bond donors (Lipinski definition) is 0. The Hall–Kier alpha value is -2.53. The molecule has 2 aromatic carbocycles. The molecule has 2 heterocycles. The number of hydrogen-bond acceptors (Lipinski definition) is 3. The lowest BCUT2D eigenvalue weighted by Gasteiger charge is -2.30. The summed E-state index contributed by atoms with van der Waals surface area (Å²) in [5, 5.41) is 4.16. The summed E-state index contributed by atoms with van der Waals surface area (Å²) in [5.41, 5.74) is 2.71. The number of halogens is 1. The monoisotopic (exact) mass is 309 g/mol. The Bertz CT molecular complexity index is 801. The highest BCUT2D eigenvalue weighted by Crippen LogP contribution is 2.44. The molecule has 0 aliphatic carbocycles. The second-order valence-corrected chi connectivity index (χ2v) is 5.69. The van der Waals surface area contributed by atoms with E-state index in [0.717, 1.165) is 11.1 Å². The van der Waals surface area contributed by atoms with Crippen molar-refractivity contribution in [2.24, 2.45) is 0 Å². The predicted molar refractivity (Wildman–Crippen MR) is 83.1 cm³/mol. The molecule has 1 aliphatic heterocycles. The van der Waals surface area contributed by atoms with Crippen molar-refractivity contribution >= 4 is 0 Å². The van der Waals surface area contributed by atoms with Crippen LogP contribution in [0.1, 0.15) is 23.1 Å². The first-order valence-corrected chi connectivity index (χ1v) is 7.59. The van der Waals surface area contributed by atoms with Crippen molar-refractivity contribution in [2.75, 3.05) is 0 Å². The molecular formula is C18H16FN3O. The van der Waals surface area contributed by atoms with E-state index >= 15 is 0 Å². The zero-order valence-corrected chi connectivity index (χ0v) is 12.5. The topological polar surface area (TPSA) is 39.9 Å². The van der Waals surface area contributed by atoms with Crippen LogP contribution in [0.2, 0.25) is 0 Å². The third-order valence-corrected chi connectivity index (χ3v) is 4.40. The van der Waals surface area contributed by atoms with Gasteiger partial charge in [-0.25, -0.2) is 9.37 Å². The molecule has 0 spiro atoms. The molecule has 23 heavy (non-hydrogen) atoms. The predicted octanol–water partition coefficient (Wildman–Crippen LogP) is 3.28. The Morgan fingerprint density at radius 3 is 2.74 bits per heavy atom. The zero-order chi connectivity index (χ0) is 15.7. The van der Waals surface area contributed by atoms with E-state index in [1.165, 1.54) is 24.0 Å². The van der Waals surface area contributed by atoms with Gasteiger partial charge in [-0.15, -0.1) is 0 Å². The lowest BCUT2D eigenvalue weighted by atomic mass is 9.83. The highest BCUT2D eigenvalue weighted by molar-refractivity contribution is 5.44. The molecule has 0 radical (unpaired) electrons. The second kappa shape index (κ2) is 5.59. The van der Waals surface area contributed by atoms with Gasteiger partial charge in [0.1, 0.15) is 24.1 Å². The molecule has 1 aliphatic rings. The lowest BCUT2D eigenvalue weighted by molar-refractivity contribution is -0.0152. The Kier molecular flexibility index (Phi) is 3.42. The maximum absolute atomic E-state index is 13.3. The summed E-state index contributed by atoms with van der Waals surface area (Å²) in [5.74, 6) is -0.244.